The molecule has 2 aliphatic rings. The van der Waals surface area contributed by atoms with Gasteiger partial charge in [-0.05, 0) is 49.8 Å². The van der Waals surface area contributed by atoms with Gasteiger partial charge in [-0.3, -0.25) is 9.69 Å². The van der Waals surface area contributed by atoms with Crippen LogP contribution in [-0.4, -0.2) is 53.6 Å². The van der Waals surface area contributed by atoms with Gasteiger partial charge < -0.3 is 10.0 Å². The second-order valence-electron chi connectivity index (χ2n) is 6.56. The Bertz CT molecular complexity index is 532. The molecule has 0 saturated carbocycles. The molecule has 1 fully saturated rings. The van der Waals surface area contributed by atoms with Crippen LogP contribution >= 0.6 is 0 Å². The highest BCUT2D eigenvalue weighted by molar-refractivity contribution is 5.78. The summed E-state index contributed by atoms with van der Waals surface area (Å²) in [5, 5.41) is 9.40. The van der Waals surface area contributed by atoms with Crippen molar-refractivity contribution in [2.24, 2.45) is 0 Å². The largest absolute Gasteiger partial charge is 0.395 e. The summed E-state index contributed by atoms with van der Waals surface area (Å²) in [6, 6.07) is 8.86. The van der Waals surface area contributed by atoms with Crippen LogP contribution in [0.4, 0.5) is 0 Å². The number of amides is 1. The average molecular weight is 302 g/mol. The summed E-state index contributed by atoms with van der Waals surface area (Å²) >= 11 is 0. The van der Waals surface area contributed by atoms with E-state index in [4.69, 9.17) is 0 Å². The molecule has 1 aliphatic heterocycles. The lowest BCUT2D eigenvalue weighted by atomic mass is 9.87. The van der Waals surface area contributed by atoms with Crippen molar-refractivity contribution >= 4 is 5.91 Å². The maximum absolute atomic E-state index is 12.7. The topological polar surface area (TPSA) is 43.8 Å². The first-order valence-corrected chi connectivity index (χ1v) is 8.39. The SMILES string of the molecule is CN(C(=O)CN1CCC[C@H]1CO)[C@@H]1CCCc2ccccc21. The van der Waals surface area contributed by atoms with Gasteiger partial charge in [0, 0.05) is 13.1 Å². The molecule has 0 unspecified atom stereocenters. The molecule has 22 heavy (non-hydrogen) atoms. The van der Waals surface area contributed by atoms with Crippen LogP contribution in [0, 0.1) is 0 Å². The van der Waals surface area contributed by atoms with Crippen LogP contribution in [0.3, 0.4) is 0 Å². The van der Waals surface area contributed by atoms with E-state index >= 15 is 0 Å². The molecule has 120 valence electrons. The number of hydrogen-bond donors (Lipinski definition) is 1. The van der Waals surface area contributed by atoms with Crippen molar-refractivity contribution in [2.75, 3.05) is 26.7 Å². The van der Waals surface area contributed by atoms with Gasteiger partial charge in [0.25, 0.3) is 0 Å². The third kappa shape index (κ3) is 3.03. The van der Waals surface area contributed by atoms with E-state index in [1.54, 1.807) is 0 Å². The van der Waals surface area contributed by atoms with Gasteiger partial charge in [0.1, 0.15) is 0 Å². The minimum absolute atomic E-state index is 0.156. The van der Waals surface area contributed by atoms with Gasteiger partial charge >= 0.3 is 0 Å². The summed E-state index contributed by atoms with van der Waals surface area (Å²) in [6.45, 7) is 1.51. The first kappa shape index (κ1) is 15.5. The number of hydrogen-bond acceptors (Lipinski definition) is 3. The fourth-order valence-electron chi connectivity index (χ4n) is 3.90. The monoisotopic (exact) mass is 302 g/mol. The molecule has 1 aromatic rings. The first-order chi connectivity index (χ1) is 10.7. The van der Waals surface area contributed by atoms with E-state index in [1.807, 2.05) is 11.9 Å². The van der Waals surface area contributed by atoms with Crippen molar-refractivity contribution in [3.05, 3.63) is 35.4 Å². The first-order valence-electron chi connectivity index (χ1n) is 8.39. The summed E-state index contributed by atoms with van der Waals surface area (Å²) in [7, 11) is 1.93. The Labute approximate surface area is 132 Å². The van der Waals surface area contributed by atoms with Crippen molar-refractivity contribution in [3.8, 4) is 0 Å². The number of carbonyl (C=O) groups is 1. The molecule has 1 saturated heterocycles. The standard InChI is InChI=1S/C18H26N2O2/c1-19(18(22)12-20-11-5-8-15(20)13-21)17-10-4-7-14-6-2-3-9-16(14)17/h2-3,6,9,15,17,21H,4-5,7-8,10-13H2,1H3/t15-,17+/m0/s1. The Morgan fingerprint density at radius 2 is 2.14 bits per heavy atom. The highest BCUT2D eigenvalue weighted by Crippen LogP contribution is 2.33. The van der Waals surface area contributed by atoms with Gasteiger partial charge in [0.15, 0.2) is 0 Å². The summed E-state index contributed by atoms with van der Waals surface area (Å²) in [6.07, 6.45) is 5.38. The van der Waals surface area contributed by atoms with Crippen molar-refractivity contribution in [1.82, 2.24) is 9.80 Å². The van der Waals surface area contributed by atoms with E-state index in [0.717, 1.165) is 38.6 Å². The molecule has 0 radical (unpaired) electrons. The number of carbonyl (C=O) groups excluding carboxylic acids is 1. The Morgan fingerprint density at radius 1 is 1.32 bits per heavy atom. The zero-order chi connectivity index (χ0) is 15.5. The van der Waals surface area contributed by atoms with Gasteiger partial charge in [0.2, 0.25) is 5.91 Å². The van der Waals surface area contributed by atoms with Gasteiger partial charge in [-0.2, -0.15) is 0 Å². The molecular weight excluding hydrogens is 276 g/mol. The van der Waals surface area contributed by atoms with Crippen molar-refractivity contribution in [3.63, 3.8) is 0 Å². The minimum Gasteiger partial charge on any atom is -0.395 e. The second kappa shape index (κ2) is 6.80. The summed E-state index contributed by atoms with van der Waals surface area (Å²) in [5.41, 5.74) is 2.69. The van der Waals surface area contributed by atoms with E-state index in [-0.39, 0.29) is 24.6 Å². The van der Waals surface area contributed by atoms with Crippen molar-refractivity contribution in [2.45, 2.75) is 44.2 Å². The van der Waals surface area contributed by atoms with Crippen LogP contribution in [0.1, 0.15) is 42.9 Å². The molecule has 4 nitrogen and oxygen atoms in total. The molecule has 3 rings (SSSR count). The molecule has 1 aliphatic carbocycles. The molecule has 1 N–H and O–H groups in total. The molecule has 0 aromatic heterocycles. The number of rotatable bonds is 4. The van der Waals surface area contributed by atoms with Crippen LogP contribution in [-0.2, 0) is 11.2 Å². The zero-order valence-corrected chi connectivity index (χ0v) is 13.4. The highest BCUT2D eigenvalue weighted by atomic mass is 16.3. The number of likely N-dealkylation sites (N-methyl/N-ethyl adjacent to an activating group) is 1. The maximum atomic E-state index is 12.7. The Morgan fingerprint density at radius 3 is 2.95 bits per heavy atom. The number of aliphatic hydroxyl groups is 1. The number of likely N-dealkylation sites (tertiary alicyclic amines) is 1. The van der Waals surface area contributed by atoms with Crippen LogP contribution in [0.15, 0.2) is 24.3 Å². The number of nitrogens with zero attached hydrogens (tertiary/aromatic N) is 2. The zero-order valence-electron chi connectivity index (χ0n) is 13.4. The molecule has 1 amide bonds. The molecule has 2 atom stereocenters. The van der Waals surface area contributed by atoms with Gasteiger partial charge in [-0.25, -0.2) is 0 Å². The quantitative estimate of drug-likeness (QED) is 0.925. The minimum atomic E-state index is 0.156. The fraction of sp³-hybridized carbons (Fsp3) is 0.611. The summed E-state index contributed by atoms with van der Waals surface area (Å²) in [5.74, 6) is 0.169. The number of aliphatic hydroxyl groups excluding tert-OH is 1. The van der Waals surface area contributed by atoms with Crippen molar-refractivity contribution in [1.29, 1.82) is 0 Å². The van der Waals surface area contributed by atoms with E-state index in [2.05, 4.69) is 29.2 Å². The maximum Gasteiger partial charge on any atom is 0.237 e. The van der Waals surface area contributed by atoms with Crippen LogP contribution in [0.2, 0.25) is 0 Å². The third-order valence-corrected chi connectivity index (χ3v) is 5.25. The normalized spacial score (nSPS) is 25.0. The Hall–Kier alpha value is -1.39. The Kier molecular flexibility index (Phi) is 4.79. The molecule has 1 aromatic carbocycles. The van der Waals surface area contributed by atoms with E-state index in [0.29, 0.717) is 6.54 Å². The lowest BCUT2D eigenvalue weighted by Crippen LogP contribution is -2.43. The van der Waals surface area contributed by atoms with Gasteiger partial charge in [0.05, 0.1) is 19.2 Å². The Balaban J connectivity index is 1.69. The fourth-order valence-corrected chi connectivity index (χ4v) is 3.90. The van der Waals surface area contributed by atoms with Gasteiger partial charge in [-0.1, -0.05) is 24.3 Å². The van der Waals surface area contributed by atoms with Crippen LogP contribution in [0.5, 0.6) is 0 Å². The third-order valence-electron chi connectivity index (χ3n) is 5.25. The number of benzene rings is 1. The van der Waals surface area contributed by atoms with Gasteiger partial charge in [-0.15, -0.1) is 0 Å². The summed E-state index contributed by atoms with van der Waals surface area (Å²) in [4.78, 5) is 16.7. The average Bonchev–Trinajstić information content (AvgIpc) is 3.00. The van der Waals surface area contributed by atoms with E-state index in [9.17, 15) is 9.90 Å². The second-order valence-corrected chi connectivity index (χ2v) is 6.56. The molecule has 1 heterocycles. The molecule has 4 heteroatoms. The highest BCUT2D eigenvalue weighted by Gasteiger charge is 2.30. The molecule has 0 spiro atoms. The number of aryl methyl sites for hydroxylation is 1. The van der Waals surface area contributed by atoms with Crippen LogP contribution in [0.25, 0.3) is 0 Å². The predicted molar refractivity (Wildman–Crippen MR) is 86.6 cm³/mol. The molecular formula is C18H26N2O2. The van der Waals surface area contributed by atoms with Crippen molar-refractivity contribution < 1.29 is 9.90 Å². The smallest absolute Gasteiger partial charge is 0.237 e. The lowest BCUT2D eigenvalue weighted by molar-refractivity contribution is -0.134. The summed E-state index contributed by atoms with van der Waals surface area (Å²) < 4.78 is 0. The predicted octanol–water partition coefficient (Wildman–Crippen LogP) is 1.98. The van der Waals surface area contributed by atoms with E-state index < -0.39 is 0 Å². The van der Waals surface area contributed by atoms with E-state index in [1.165, 1.54) is 11.1 Å². The number of fused-ring (bicyclic) bond motifs is 1. The lowest BCUT2D eigenvalue weighted by Gasteiger charge is -2.34. The molecule has 0 bridgehead atoms. The van der Waals surface area contributed by atoms with Crippen LogP contribution < -0.4 is 0 Å².